The van der Waals surface area contributed by atoms with E-state index in [9.17, 15) is 34.2 Å². The molecule has 3 aromatic carbocycles. The van der Waals surface area contributed by atoms with Crippen molar-refractivity contribution in [2.24, 2.45) is 0 Å². The Morgan fingerprint density at radius 2 is 1.56 bits per heavy atom. The molecule has 5 aromatic rings. The van der Waals surface area contributed by atoms with Crippen LogP contribution >= 0.6 is 11.6 Å². The number of aliphatic carboxylic acids is 3. The molecular formula is C46H55ClKN8O10. The first-order chi connectivity index (χ1) is 31.3. The molecule has 3 heterocycles. The number of imidazole rings is 1. The summed E-state index contributed by atoms with van der Waals surface area (Å²) in [4.78, 5) is 61.3. The van der Waals surface area contributed by atoms with Crippen LogP contribution < -0.4 is 5.32 Å². The quantitative estimate of drug-likeness (QED) is 0.0353. The molecule has 0 saturated carbocycles. The number of carbonyl (C=O) groups is 5. The number of halogens is 1. The zero-order valence-electron chi connectivity index (χ0n) is 37.5. The molecule has 3 atom stereocenters. The summed E-state index contributed by atoms with van der Waals surface area (Å²) in [5.41, 5.74) is 5.89. The molecule has 0 spiro atoms. The van der Waals surface area contributed by atoms with Gasteiger partial charge in [0.25, 0.3) is 0 Å². The second-order valence-corrected chi connectivity index (χ2v) is 15.2. The van der Waals surface area contributed by atoms with Crippen molar-refractivity contribution in [2.75, 3.05) is 13.2 Å². The van der Waals surface area contributed by atoms with E-state index < -0.39 is 42.0 Å². The Bertz CT molecular complexity index is 2330. The summed E-state index contributed by atoms with van der Waals surface area (Å²) in [5.74, 6) is -2.72. The number of rotatable bonds is 19. The molecule has 0 bridgehead atoms. The molecular weight excluding hydrogens is 899 g/mol. The number of carbonyl (C=O) groups excluding carboxylic acids is 2. The van der Waals surface area contributed by atoms with Crippen LogP contribution in [0.15, 0.2) is 91.0 Å². The topological polar surface area (TPSA) is 263 Å². The summed E-state index contributed by atoms with van der Waals surface area (Å²) in [7, 11) is 0. The molecule has 66 heavy (non-hydrogen) atoms. The molecule has 2 aromatic heterocycles. The molecule has 1 aliphatic rings. The van der Waals surface area contributed by atoms with Crippen LogP contribution in [0.3, 0.4) is 0 Å². The maximum absolute atomic E-state index is 12.7. The van der Waals surface area contributed by atoms with Gasteiger partial charge >= 0.3 is 23.9 Å². The Kier molecular flexibility index (Phi) is 24.1. The second kappa shape index (κ2) is 28.8. The molecule has 0 aliphatic carbocycles. The largest absolute Gasteiger partial charge is 0.480 e. The van der Waals surface area contributed by atoms with E-state index in [2.05, 4.69) is 62.1 Å². The number of unbranched alkanes of at least 4 members (excludes halogenated alkanes) is 1. The molecule has 6 N–H and O–H groups in total. The molecule has 1 unspecified atom stereocenters. The fraction of sp³-hybridized carbons (Fsp3) is 0.370. The Balaban J connectivity index is 0.000000298. The van der Waals surface area contributed by atoms with Gasteiger partial charge in [-0.2, -0.15) is 5.21 Å². The number of hydrogen-bond acceptors (Lipinski definition) is 12. The number of aliphatic hydroxyl groups excluding tert-OH is 1. The van der Waals surface area contributed by atoms with Crippen LogP contribution in [0.5, 0.6) is 0 Å². The van der Waals surface area contributed by atoms with Crippen LogP contribution in [0.2, 0.25) is 5.15 Å². The van der Waals surface area contributed by atoms with Gasteiger partial charge in [0.1, 0.15) is 17.9 Å². The van der Waals surface area contributed by atoms with Crippen molar-refractivity contribution < 1.29 is 49.1 Å². The summed E-state index contributed by atoms with van der Waals surface area (Å²) in [5, 5.41) is 52.5. The van der Waals surface area contributed by atoms with Crippen molar-refractivity contribution in [2.45, 2.75) is 97.0 Å². The van der Waals surface area contributed by atoms with Crippen molar-refractivity contribution in [3.63, 3.8) is 0 Å². The number of esters is 1. The molecule has 6 rings (SSSR count). The predicted molar refractivity (Wildman–Crippen MR) is 246 cm³/mol. The molecule has 1 fully saturated rings. The van der Waals surface area contributed by atoms with Gasteiger partial charge in [0.2, 0.25) is 11.7 Å². The Hall–Kier alpha value is -5.12. The number of carboxylic acid groups (broad SMARTS) is 3. The standard InChI is InChI=1S/C22H23ClN6O.C20H28N2O5.C4H4O4.K/c1-2-3-8-20-24-21(23)19(14-30)29(20)13-15-9-11-16(12-10-15)17-6-4-5-7-18(17)22-25-27-28-26-22;1-3-27-20(26)16(12-11-15-8-5-4-6-9-15)21-14(2)18(23)22-13-7-10-17(22)19(24)25;5-3(6)1-2-4(7)8;/h4-7,9-12,30H,2-3,8,13-14H2,1H3,(H,25,26,27,28);4-6,8-9,14,16-17,21H,3,7,10-13H2,1-2H3,(H,24,25);1-2H,(H,5,6)(H,7,8);/b;;2-1-;/t;14-,16?,17-;;/m.0../s1. The number of ether oxygens (including phenoxy) is 1. The Morgan fingerprint density at radius 3 is 2.14 bits per heavy atom. The number of H-pyrrole nitrogens is 1. The fourth-order valence-electron chi connectivity index (χ4n) is 7.07. The van der Waals surface area contributed by atoms with Gasteiger partial charge in [-0.15, -0.1) is 10.2 Å². The number of aromatic nitrogens is 6. The maximum atomic E-state index is 12.7. The summed E-state index contributed by atoms with van der Waals surface area (Å²) in [6.07, 6.45) is 6.35. The zero-order valence-corrected chi connectivity index (χ0v) is 41.3. The van der Waals surface area contributed by atoms with Crippen LogP contribution in [-0.4, -0.2) is 168 Å². The molecule has 18 nitrogen and oxygen atoms in total. The van der Waals surface area contributed by atoms with Gasteiger partial charge in [-0.1, -0.05) is 104 Å². The predicted octanol–water partition coefficient (Wildman–Crippen LogP) is 5.20. The molecule has 1 radical (unpaired) electrons. The molecule has 1 aliphatic heterocycles. The zero-order chi connectivity index (χ0) is 47.3. The number of tetrazole rings is 1. The minimum atomic E-state index is -1.26. The number of benzene rings is 3. The Morgan fingerprint density at radius 1 is 0.909 bits per heavy atom. The van der Waals surface area contributed by atoms with E-state index in [0.717, 1.165) is 52.9 Å². The van der Waals surface area contributed by atoms with Crippen molar-refractivity contribution in [1.82, 2.24) is 40.4 Å². The molecule has 1 saturated heterocycles. The fourth-order valence-corrected chi connectivity index (χ4v) is 7.33. The van der Waals surface area contributed by atoms with E-state index in [1.165, 1.54) is 4.90 Å². The van der Waals surface area contributed by atoms with Gasteiger partial charge < -0.3 is 34.6 Å². The van der Waals surface area contributed by atoms with Crippen LogP contribution in [0.1, 0.15) is 75.5 Å². The van der Waals surface area contributed by atoms with Gasteiger partial charge in [0.15, 0.2) is 5.15 Å². The van der Waals surface area contributed by atoms with Crippen molar-refractivity contribution in [3.8, 4) is 22.5 Å². The first-order valence-corrected chi connectivity index (χ1v) is 21.6. The van der Waals surface area contributed by atoms with Gasteiger partial charge in [0.05, 0.1) is 24.9 Å². The normalized spacial score (nSPS) is 13.9. The monoisotopic (exact) mass is 953 g/mol. The third kappa shape index (κ3) is 16.9. The number of aryl methyl sites for hydroxylation is 2. The van der Waals surface area contributed by atoms with E-state index in [1.807, 2.05) is 59.2 Å². The molecule has 347 valence electrons. The van der Waals surface area contributed by atoms with Crippen LogP contribution in [0, 0.1) is 0 Å². The smallest absolute Gasteiger partial charge is 0.328 e. The minimum Gasteiger partial charge on any atom is -0.480 e. The van der Waals surface area contributed by atoms with Crippen molar-refractivity contribution >= 4 is 92.8 Å². The first-order valence-electron chi connectivity index (χ1n) is 21.2. The minimum absolute atomic E-state index is 0. The van der Waals surface area contributed by atoms with Crippen molar-refractivity contribution in [3.05, 3.63) is 119 Å². The van der Waals surface area contributed by atoms with E-state index in [4.69, 9.17) is 26.6 Å². The summed E-state index contributed by atoms with van der Waals surface area (Å²) < 4.78 is 7.17. The number of carboxylic acids is 3. The number of nitrogens with zero attached hydrogens (tertiary/aromatic N) is 6. The van der Waals surface area contributed by atoms with Crippen LogP contribution in [0.4, 0.5) is 0 Å². The van der Waals surface area contributed by atoms with E-state index in [-0.39, 0.29) is 70.5 Å². The molecule has 1 amide bonds. The average Bonchev–Trinajstić information content (AvgIpc) is 4.09. The summed E-state index contributed by atoms with van der Waals surface area (Å²) in [6.45, 7) is 6.72. The van der Waals surface area contributed by atoms with Crippen molar-refractivity contribution in [1.29, 1.82) is 0 Å². The van der Waals surface area contributed by atoms with Gasteiger partial charge in [-0.3, -0.25) is 14.9 Å². The van der Waals surface area contributed by atoms with E-state index in [0.29, 0.717) is 67.6 Å². The van der Waals surface area contributed by atoms with Gasteiger partial charge in [0, 0.05) is 88.6 Å². The average molecular weight is 955 g/mol. The summed E-state index contributed by atoms with van der Waals surface area (Å²) >= 11 is 6.26. The number of likely N-dealkylation sites (tertiary alicyclic amines) is 1. The number of amides is 1. The van der Waals surface area contributed by atoms with Gasteiger partial charge in [-0.05, 0) is 73.4 Å². The third-order valence-corrected chi connectivity index (χ3v) is 10.6. The second-order valence-electron chi connectivity index (χ2n) is 14.8. The first kappa shape index (κ1) is 55.2. The maximum Gasteiger partial charge on any atom is 0.328 e. The summed E-state index contributed by atoms with van der Waals surface area (Å²) in [6, 6.07) is 24.0. The third-order valence-electron chi connectivity index (χ3n) is 10.3. The SMILES string of the molecule is CCCCc1nc(Cl)c(CO)n1Cc1ccc(-c2ccccc2-c2nn[nH]n2)cc1.CCOC(=O)C(CCc1ccccc1)N[C@@H](C)C(=O)N1CCC[C@H]1C(=O)O.O=C(O)/C=C\C(=O)O.[K]. The number of hydrogen-bond donors (Lipinski definition) is 6. The Labute approximate surface area is 430 Å². The van der Waals surface area contributed by atoms with Gasteiger partial charge in [-0.25, -0.2) is 19.4 Å². The number of aliphatic hydroxyl groups is 1. The number of nitrogens with one attached hydrogen (secondary N) is 2. The van der Waals surface area contributed by atoms with Crippen LogP contribution in [0.25, 0.3) is 22.5 Å². The molecule has 20 heteroatoms. The van der Waals surface area contributed by atoms with Crippen LogP contribution in [-0.2, 0) is 54.7 Å². The van der Waals surface area contributed by atoms with E-state index in [1.54, 1.807) is 13.8 Å². The number of aromatic amines is 1. The van der Waals surface area contributed by atoms with E-state index >= 15 is 0 Å².